The zero-order valence-electron chi connectivity index (χ0n) is 18.9. The Morgan fingerprint density at radius 2 is 1.74 bits per heavy atom. The van der Waals surface area contributed by atoms with Crippen LogP contribution in [-0.2, 0) is 16.1 Å². The van der Waals surface area contributed by atoms with Gasteiger partial charge in [-0.1, -0.05) is 37.3 Å². The first-order valence-corrected chi connectivity index (χ1v) is 11.5. The fourth-order valence-electron chi connectivity index (χ4n) is 4.52. The normalized spacial score (nSPS) is 19.7. The summed E-state index contributed by atoms with van der Waals surface area (Å²) in [5, 5.41) is 2.83. The van der Waals surface area contributed by atoms with Crippen molar-refractivity contribution in [1.82, 2.24) is 20.0 Å². The molecule has 0 saturated carbocycles. The highest BCUT2D eigenvalue weighted by atomic mass is 16.2. The van der Waals surface area contributed by atoms with E-state index in [1.807, 2.05) is 40.1 Å². The summed E-state index contributed by atoms with van der Waals surface area (Å²) in [5.74, 6) is 0.942. The van der Waals surface area contributed by atoms with Crippen molar-refractivity contribution in [2.45, 2.75) is 45.6 Å². The number of rotatable bonds is 6. The largest absolute Gasteiger partial charge is 0.343 e. The van der Waals surface area contributed by atoms with Crippen LogP contribution < -0.4 is 5.32 Å². The Bertz CT molecular complexity index is 746. The maximum Gasteiger partial charge on any atom is 0.317 e. The van der Waals surface area contributed by atoms with E-state index in [1.165, 1.54) is 6.42 Å². The summed E-state index contributed by atoms with van der Waals surface area (Å²) in [5.41, 5.74) is 1.06. The molecule has 0 aromatic heterocycles. The lowest BCUT2D eigenvalue weighted by Crippen LogP contribution is -2.47. The van der Waals surface area contributed by atoms with Gasteiger partial charge in [0.05, 0.1) is 0 Å². The number of amides is 4. The number of benzene rings is 1. The third-order valence-corrected chi connectivity index (χ3v) is 6.39. The maximum atomic E-state index is 12.8. The van der Waals surface area contributed by atoms with E-state index >= 15 is 0 Å². The van der Waals surface area contributed by atoms with Crippen LogP contribution in [0.2, 0.25) is 0 Å². The number of hydrogen-bond donors (Lipinski definition) is 1. The first-order chi connectivity index (χ1) is 14.9. The van der Waals surface area contributed by atoms with Gasteiger partial charge in [-0.15, -0.1) is 0 Å². The predicted octanol–water partition coefficient (Wildman–Crippen LogP) is 2.72. The van der Waals surface area contributed by atoms with Gasteiger partial charge in [0, 0.05) is 58.7 Å². The van der Waals surface area contributed by atoms with Crippen LogP contribution in [0, 0.1) is 11.8 Å². The second-order valence-corrected chi connectivity index (χ2v) is 9.01. The average molecular weight is 429 g/mol. The predicted molar refractivity (Wildman–Crippen MR) is 120 cm³/mol. The van der Waals surface area contributed by atoms with Crippen molar-refractivity contribution in [3.05, 3.63) is 35.9 Å². The number of nitrogens with one attached hydrogen (secondary N) is 1. The minimum Gasteiger partial charge on any atom is -0.343 e. The lowest BCUT2D eigenvalue weighted by Gasteiger charge is -2.37. The smallest absolute Gasteiger partial charge is 0.317 e. The van der Waals surface area contributed by atoms with Crippen molar-refractivity contribution in [2.75, 3.05) is 39.8 Å². The Kier molecular flexibility index (Phi) is 8.32. The van der Waals surface area contributed by atoms with Crippen molar-refractivity contribution >= 4 is 17.8 Å². The minimum atomic E-state index is -0.184. The Hall–Kier alpha value is -2.57. The summed E-state index contributed by atoms with van der Waals surface area (Å²) in [6.45, 7) is 6.05. The van der Waals surface area contributed by atoms with Crippen LogP contribution in [0.15, 0.2) is 30.3 Å². The summed E-state index contributed by atoms with van der Waals surface area (Å²) < 4.78 is 0. The molecule has 2 aliphatic rings. The van der Waals surface area contributed by atoms with Gasteiger partial charge in [0.25, 0.3) is 0 Å². The van der Waals surface area contributed by atoms with E-state index in [0.717, 1.165) is 37.9 Å². The van der Waals surface area contributed by atoms with Gasteiger partial charge in [-0.2, -0.15) is 0 Å². The van der Waals surface area contributed by atoms with Crippen molar-refractivity contribution in [1.29, 1.82) is 0 Å². The highest BCUT2D eigenvalue weighted by Crippen LogP contribution is 2.23. The van der Waals surface area contributed by atoms with E-state index in [9.17, 15) is 14.4 Å². The SMILES string of the molecule is CC1CCCN(C(=O)C2CCN(C(=O)CCNC(=O)N(C)Cc3ccccc3)CC2)C1. The van der Waals surface area contributed by atoms with E-state index in [4.69, 9.17) is 0 Å². The van der Waals surface area contributed by atoms with Crippen LogP contribution in [-0.4, -0.2) is 72.3 Å². The molecule has 7 nitrogen and oxygen atoms in total. The molecule has 0 bridgehead atoms. The van der Waals surface area contributed by atoms with Gasteiger partial charge in [-0.3, -0.25) is 9.59 Å². The average Bonchev–Trinajstić information content (AvgIpc) is 2.79. The monoisotopic (exact) mass is 428 g/mol. The Balaban J connectivity index is 1.34. The molecule has 31 heavy (non-hydrogen) atoms. The Morgan fingerprint density at radius 1 is 1.03 bits per heavy atom. The molecule has 7 heteroatoms. The van der Waals surface area contributed by atoms with E-state index in [1.54, 1.807) is 11.9 Å². The van der Waals surface area contributed by atoms with Gasteiger partial charge >= 0.3 is 6.03 Å². The number of nitrogens with zero attached hydrogens (tertiary/aromatic N) is 3. The minimum absolute atomic E-state index is 0.0423. The zero-order valence-corrected chi connectivity index (χ0v) is 18.9. The number of carbonyl (C=O) groups excluding carboxylic acids is 3. The Labute approximate surface area is 185 Å². The molecule has 2 saturated heterocycles. The molecule has 1 aromatic carbocycles. The van der Waals surface area contributed by atoms with Crippen LogP contribution in [0.25, 0.3) is 0 Å². The molecule has 2 fully saturated rings. The van der Waals surface area contributed by atoms with E-state index in [2.05, 4.69) is 12.2 Å². The Morgan fingerprint density at radius 3 is 2.42 bits per heavy atom. The van der Waals surface area contributed by atoms with Crippen molar-refractivity contribution < 1.29 is 14.4 Å². The number of likely N-dealkylation sites (tertiary alicyclic amines) is 2. The summed E-state index contributed by atoms with van der Waals surface area (Å²) in [4.78, 5) is 43.0. The van der Waals surface area contributed by atoms with Crippen LogP contribution in [0.1, 0.15) is 44.6 Å². The molecule has 1 atom stereocenters. The topological polar surface area (TPSA) is 73.0 Å². The number of hydrogen-bond acceptors (Lipinski definition) is 3. The molecule has 170 valence electrons. The summed E-state index contributed by atoms with van der Waals surface area (Å²) in [6.07, 6.45) is 4.06. The van der Waals surface area contributed by atoms with Gasteiger partial charge in [0.1, 0.15) is 0 Å². The van der Waals surface area contributed by atoms with Crippen LogP contribution in [0.4, 0.5) is 4.79 Å². The van der Waals surface area contributed by atoms with Crippen LogP contribution in [0.3, 0.4) is 0 Å². The summed E-state index contributed by atoms with van der Waals surface area (Å²) >= 11 is 0. The van der Waals surface area contributed by atoms with Gasteiger partial charge < -0.3 is 20.0 Å². The molecule has 1 aromatic rings. The number of urea groups is 1. The van der Waals surface area contributed by atoms with Crippen molar-refractivity contribution in [2.24, 2.45) is 11.8 Å². The van der Waals surface area contributed by atoms with Gasteiger partial charge in [-0.05, 0) is 37.2 Å². The third kappa shape index (κ3) is 6.71. The quantitative estimate of drug-likeness (QED) is 0.757. The second-order valence-electron chi connectivity index (χ2n) is 9.01. The van der Waals surface area contributed by atoms with Gasteiger partial charge in [0.15, 0.2) is 0 Å². The standard InChI is InChI=1S/C24H36N4O3/c1-19-7-6-14-28(17-19)23(30)21-11-15-27(16-12-21)22(29)10-13-25-24(31)26(2)18-20-8-4-3-5-9-20/h3-5,8-9,19,21H,6-7,10-18H2,1-2H3,(H,25,31). The van der Waals surface area contributed by atoms with E-state index in [0.29, 0.717) is 32.1 Å². The molecule has 0 aliphatic carbocycles. The van der Waals surface area contributed by atoms with Crippen molar-refractivity contribution in [3.8, 4) is 0 Å². The highest BCUT2D eigenvalue weighted by molar-refractivity contribution is 5.81. The second kappa shape index (κ2) is 11.2. The molecule has 2 heterocycles. The molecule has 4 amide bonds. The third-order valence-electron chi connectivity index (χ3n) is 6.39. The molecule has 3 rings (SSSR count). The van der Waals surface area contributed by atoms with Gasteiger partial charge in [-0.25, -0.2) is 4.79 Å². The number of carbonyl (C=O) groups is 3. The molecular weight excluding hydrogens is 392 g/mol. The zero-order chi connectivity index (χ0) is 22.2. The molecule has 1 unspecified atom stereocenters. The van der Waals surface area contributed by atoms with Crippen LogP contribution >= 0.6 is 0 Å². The number of piperidine rings is 2. The molecular formula is C24H36N4O3. The van der Waals surface area contributed by atoms with Crippen molar-refractivity contribution in [3.63, 3.8) is 0 Å². The molecule has 0 spiro atoms. The van der Waals surface area contributed by atoms with Crippen LogP contribution in [0.5, 0.6) is 0 Å². The molecule has 0 radical (unpaired) electrons. The fourth-order valence-corrected chi connectivity index (χ4v) is 4.52. The first-order valence-electron chi connectivity index (χ1n) is 11.5. The van der Waals surface area contributed by atoms with E-state index in [-0.39, 0.29) is 30.2 Å². The first kappa shape index (κ1) is 23.1. The lowest BCUT2D eigenvalue weighted by molar-refractivity contribution is -0.142. The lowest BCUT2D eigenvalue weighted by atomic mass is 9.92. The molecule has 1 N–H and O–H groups in total. The molecule has 2 aliphatic heterocycles. The van der Waals surface area contributed by atoms with E-state index < -0.39 is 0 Å². The highest BCUT2D eigenvalue weighted by Gasteiger charge is 2.31. The summed E-state index contributed by atoms with van der Waals surface area (Å²) in [7, 11) is 1.75. The fraction of sp³-hybridized carbons (Fsp3) is 0.625. The summed E-state index contributed by atoms with van der Waals surface area (Å²) in [6, 6.07) is 9.62. The van der Waals surface area contributed by atoms with Gasteiger partial charge in [0.2, 0.25) is 11.8 Å². The maximum absolute atomic E-state index is 12.8.